The molecule has 7 heteroatoms. The van der Waals surface area contributed by atoms with Gasteiger partial charge in [0.25, 0.3) is 5.91 Å². The minimum atomic E-state index is -0.222. The van der Waals surface area contributed by atoms with Crippen molar-refractivity contribution in [2.45, 2.75) is 12.8 Å². The second kappa shape index (κ2) is 8.34. The monoisotopic (exact) mass is 392 g/mol. The van der Waals surface area contributed by atoms with Crippen LogP contribution in [0.5, 0.6) is 0 Å². The van der Waals surface area contributed by atoms with Crippen molar-refractivity contribution in [2.75, 3.05) is 36.4 Å². The summed E-state index contributed by atoms with van der Waals surface area (Å²) in [5.74, 6) is -0.357. The quantitative estimate of drug-likeness (QED) is 0.839. The zero-order valence-electron chi connectivity index (χ0n) is 16.1. The molecule has 2 N–H and O–H groups in total. The van der Waals surface area contributed by atoms with Crippen molar-refractivity contribution in [3.8, 4) is 0 Å². The number of para-hydroxylation sites is 1. The number of urea groups is 1. The number of hydrogen-bond acceptors (Lipinski definition) is 3. The van der Waals surface area contributed by atoms with E-state index in [0.29, 0.717) is 31.7 Å². The summed E-state index contributed by atoms with van der Waals surface area (Å²) in [6, 6.07) is 16.3. The van der Waals surface area contributed by atoms with Gasteiger partial charge in [0, 0.05) is 43.1 Å². The molecule has 2 aliphatic rings. The molecule has 0 spiro atoms. The van der Waals surface area contributed by atoms with Crippen molar-refractivity contribution in [2.24, 2.45) is 5.92 Å². The maximum absolute atomic E-state index is 12.9. The number of anilines is 2. The van der Waals surface area contributed by atoms with E-state index in [4.69, 9.17) is 0 Å². The molecule has 2 fully saturated rings. The molecule has 2 aliphatic heterocycles. The van der Waals surface area contributed by atoms with Gasteiger partial charge in [-0.15, -0.1) is 0 Å². The molecule has 2 saturated heterocycles. The predicted molar refractivity (Wildman–Crippen MR) is 111 cm³/mol. The van der Waals surface area contributed by atoms with Crippen LogP contribution in [-0.2, 0) is 4.79 Å². The number of nitrogens with one attached hydrogen (secondary N) is 2. The second-order valence-corrected chi connectivity index (χ2v) is 7.38. The molecule has 2 aromatic rings. The van der Waals surface area contributed by atoms with E-state index in [-0.39, 0.29) is 23.8 Å². The van der Waals surface area contributed by atoms with Gasteiger partial charge in [0.1, 0.15) is 0 Å². The Kier molecular flexibility index (Phi) is 5.46. The molecule has 4 amide bonds. The average Bonchev–Trinajstić information content (AvgIpc) is 3.20. The van der Waals surface area contributed by atoms with E-state index >= 15 is 0 Å². The van der Waals surface area contributed by atoms with Crippen molar-refractivity contribution >= 4 is 29.2 Å². The molecule has 150 valence electrons. The normalized spacial score (nSPS) is 19.0. The van der Waals surface area contributed by atoms with Crippen molar-refractivity contribution in [3.05, 3.63) is 60.2 Å². The van der Waals surface area contributed by atoms with Gasteiger partial charge in [0.2, 0.25) is 5.91 Å². The first-order valence-corrected chi connectivity index (χ1v) is 9.92. The van der Waals surface area contributed by atoms with Crippen LogP contribution in [0.4, 0.5) is 16.2 Å². The van der Waals surface area contributed by atoms with Gasteiger partial charge in [-0.05, 0) is 49.2 Å². The van der Waals surface area contributed by atoms with Crippen LogP contribution in [0.2, 0.25) is 0 Å². The van der Waals surface area contributed by atoms with Crippen LogP contribution in [-0.4, -0.2) is 48.9 Å². The maximum atomic E-state index is 12.9. The van der Waals surface area contributed by atoms with Crippen LogP contribution in [0.15, 0.2) is 54.6 Å². The molecule has 0 radical (unpaired) electrons. The summed E-state index contributed by atoms with van der Waals surface area (Å²) in [6.45, 7) is 2.30. The lowest BCUT2D eigenvalue weighted by atomic mass is 9.96. The fourth-order valence-electron chi connectivity index (χ4n) is 3.83. The molecular formula is C22H24N4O3. The summed E-state index contributed by atoms with van der Waals surface area (Å²) in [4.78, 5) is 40.7. The third-order valence-corrected chi connectivity index (χ3v) is 5.40. The van der Waals surface area contributed by atoms with Crippen LogP contribution < -0.4 is 15.5 Å². The highest BCUT2D eigenvalue weighted by molar-refractivity contribution is 5.98. The van der Waals surface area contributed by atoms with Crippen LogP contribution in [0, 0.1) is 5.92 Å². The van der Waals surface area contributed by atoms with Gasteiger partial charge in [-0.2, -0.15) is 0 Å². The van der Waals surface area contributed by atoms with E-state index in [1.807, 2.05) is 30.3 Å². The number of hydrogen-bond donors (Lipinski definition) is 2. The Morgan fingerprint density at radius 2 is 1.76 bits per heavy atom. The number of carbonyl (C=O) groups is 3. The summed E-state index contributed by atoms with van der Waals surface area (Å²) < 4.78 is 0. The number of piperidine rings is 1. The molecule has 0 aliphatic carbocycles. The first-order valence-electron chi connectivity index (χ1n) is 9.92. The number of rotatable bonds is 4. The van der Waals surface area contributed by atoms with Crippen molar-refractivity contribution in [1.82, 2.24) is 10.2 Å². The zero-order valence-corrected chi connectivity index (χ0v) is 16.1. The standard InChI is InChI=1S/C22H24N4O3/c27-20(24-18-6-2-1-3-7-18)17-5-4-13-25(15-17)21(28)16-8-10-19(11-9-16)26-14-12-23-22(26)29/h1-3,6-11,17H,4-5,12-15H2,(H,23,29)(H,24,27). The van der Waals surface area contributed by atoms with E-state index in [1.54, 1.807) is 34.1 Å². The summed E-state index contributed by atoms with van der Waals surface area (Å²) in [5.41, 5.74) is 2.11. The van der Waals surface area contributed by atoms with Gasteiger partial charge < -0.3 is 15.5 Å². The molecule has 0 saturated carbocycles. The highest BCUT2D eigenvalue weighted by Crippen LogP contribution is 2.22. The SMILES string of the molecule is O=C(Nc1ccccc1)C1CCCN(C(=O)c2ccc(N3CCNC3=O)cc2)C1. The lowest BCUT2D eigenvalue weighted by Crippen LogP contribution is -2.43. The molecule has 2 aromatic carbocycles. The van der Waals surface area contributed by atoms with Gasteiger partial charge in [0.05, 0.1) is 5.92 Å². The van der Waals surface area contributed by atoms with E-state index in [1.165, 1.54) is 0 Å². The number of benzene rings is 2. The largest absolute Gasteiger partial charge is 0.338 e. The molecule has 7 nitrogen and oxygen atoms in total. The lowest BCUT2D eigenvalue weighted by molar-refractivity contribution is -0.121. The Labute approximate surface area is 169 Å². The highest BCUT2D eigenvalue weighted by Gasteiger charge is 2.29. The third kappa shape index (κ3) is 4.23. The second-order valence-electron chi connectivity index (χ2n) is 7.38. The third-order valence-electron chi connectivity index (χ3n) is 5.40. The van der Waals surface area contributed by atoms with Gasteiger partial charge in [-0.25, -0.2) is 4.79 Å². The molecule has 4 rings (SSSR count). The predicted octanol–water partition coefficient (Wildman–Crippen LogP) is 2.71. The zero-order chi connectivity index (χ0) is 20.2. The van der Waals surface area contributed by atoms with Gasteiger partial charge in [0.15, 0.2) is 0 Å². The van der Waals surface area contributed by atoms with Gasteiger partial charge >= 0.3 is 6.03 Å². The van der Waals surface area contributed by atoms with Crippen LogP contribution in [0.25, 0.3) is 0 Å². The Balaban J connectivity index is 1.39. The minimum absolute atomic E-state index is 0.0518. The van der Waals surface area contributed by atoms with E-state index < -0.39 is 0 Å². The van der Waals surface area contributed by atoms with Gasteiger partial charge in [-0.3, -0.25) is 14.5 Å². The van der Waals surface area contributed by atoms with Gasteiger partial charge in [-0.1, -0.05) is 18.2 Å². The van der Waals surface area contributed by atoms with E-state index in [2.05, 4.69) is 10.6 Å². The Bertz CT molecular complexity index is 898. The molecule has 2 heterocycles. The van der Waals surface area contributed by atoms with Crippen LogP contribution >= 0.6 is 0 Å². The van der Waals surface area contributed by atoms with Crippen molar-refractivity contribution in [1.29, 1.82) is 0 Å². The summed E-state index contributed by atoms with van der Waals surface area (Å²) >= 11 is 0. The smallest absolute Gasteiger partial charge is 0.321 e. The topological polar surface area (TPSA) is 81.8 Å². The maximum Gasteiger partial charge on any atom is 0.321 e. The summed E-state index contributed by atoms with van der Waals surface area (Å²) in [5, 5.41) is 5.70. The Morgan fingerprint density at radius 1 is 1.00 bits per heavy atom. The first kappa shape index (κ1) is 19.0. The van der Waals surface area contributed by atoms with Crippen LogP contribution in [0.1, 0.15) is 23.2 Å². The average molecular weight is 392 g/mol. The summed E-state index contributed by atoms with van der Waals surface area (Å²) in [7, 11) is 0. The first-order chi connectivity index (χ1) is 14.1. The molecular weight excluding hydrogens is 368 g/mol. The van der Waals surface area contributed by atoms with E-state index in [0.717, 1.165) is 24.2 Å². The molecule has 1 unspecified atom stereocenters. The molecule has 0 bridgehead atoms. The Hall–Kier alpha value is -3.35. The van der Waals surface area contributed by atoms with E-state index in [9.17, 15) is 14.4 Å². The van der Waals surface area contributed by atoms with Crippen molar-refractivity contribution < 1.29 is 14.4 Å². The molecule has 1 atom stereocenters. The molecule has 0 aromatic heterocycles. The number of likely N-dealkylation sites (tertiary alicyclic amines) is 1. The number of carbonyl (C=O) groups excluding carboxylic acids is 3. The van der Waals surface area contributed by atoms with Crippen molar-refractivity contribution in [3.63, 3.8) is 0 Å². The number of nitrogens with zero attached hydrogens (tertiary/aromatic N) is 2. The molecule has 29 heavy (non-hydrogen) atoms. The van der Waals surface area contributed by atoms with Crippen LogP contribution in [0.3, 0.4) is 0 Å². The summed E-state index contributed by atoms with van der Waals surface area (Å²) in [6.07, 6.45) is 1.57. The lowest BCUT2D eigenvalue weighted by Gasteiger charge is -2.32. The fourth-order valence-corrected chi connectivity index (χ4v) is 3.83. The minimum Gasteiger partial charge on any atom is -0.338 e. The fraction of sp³-hybridized carbons (Fsp3) is 0.318. The highest BCUT2D eigenvalue weighted by atomic mass is 16.2. The number of amides is 4. The Morgan fingerprint density at radius 3 is 2.45 bits per heavy atom.